The maximum atomic E-state index is 12.3. The molecule has 2 unspecified atom stereocenters. The van der Waals surface area contributed by atoms with Crippen LogP contribution in [0, 0.1) is 11.8 Å². The van der Waals surface area contributed by atoms with E-state index in [2.05, 4.69) is 10.6 Å². The van der Waals surface area contributed by atoms with Gasteiger partial charge in [-0.1, -0.05) is 13.3 Å². The van der Waals surface area contributed by atoms with E-state index in [-0.39, 0.29) is 17.7 Å². The topological polar surface area (TPSA) is 95.5 Å². The quantitative estimate of drug-likeness (QED) is 0.746. The van der Waals surface area contributed by atoms with Gasteiger partial charge in [-0.05, 0) is 49.9 Å². The minimum Gasteiger partial charge on any atom is -0.481 e. The van der Waals surface area contributed by atoms with E-state index < -0.39 is 11.9 Å². The smallest absolute Gasteiger partial charge is 0.306 e. The summed E-state index contributed by atoms with van der Waals surface area (Å²) in [5, 5.41) is 14.7. The molecule has 3 N–H and O–H groups in total. The summed E-state index contributed by atoms with van der Waals surface area (Å²) in [6, 6.07) is 6.72. The molecular formula is C18H24N2O4. The number of hydrogen-bond acceptors (Lipinski definition) is 3. The number of aliphatic carboxylic acids is 1. The predicted molar refractivity (Wildman–Crippen MR) is 90.8 cm³/mol. The van der Waals surface area contributed by atoms with Crippen LogP contribution in [0.5, 0.6) is 0 Å². The van der Waals surface area contributed by atoms with Gasteiger partial charge in [0.05, 0.1) is 5.92 Å². The third kappa shape index (κ3) is 4.81. The van der Waals surface area contributed by atoms with Crippen LogP contribution >= 0.6 is 0 Å². The minimum atomic E-state index is -0.824. The van der Waals surface area contributed by atoms with Crippen molar-refractivity contribution >= 4 is 23.5 Å². The van der Waals surface area contributed by atoms with Gasteiger partial charge in [0.15, 0.2) is 0 Å². The molecular weight excluding hydrogens is 308 g/mol. The second-order valence-corrected chi connectivity index (χ2v) is 6.22. The van der Waals surface area contributed by atoms with E-state index in [1.54, 1.807) is 24.3 Å². The van der Waals surface area contributed by atoms with Gasteiger partial charge in [0.25, 0.3) is 5.91 Å². The Balaban J connectivity index is 1.92. The van der Waals surface area contributed by atoms with Crippen LogP contribution in [-0.2, 0) is 9.59 Å². The van der Waals surface area contributed by atoms with Crippen molar-refractivity contribution in [2.24, 2.45) is 11.8 Å². The summed E-state index contributed by atoms with van der Waals surface area (Å²) < 4.78 is 0. The highest BCUT2D eigenvalue weighted by Crippen LogP contribution is 2.30. The molecule has 0 heterocycles. The van der Waals surface area contributed by atoms with Gasteiger partial charge >= 0.3 is 5.97 Å². The summed E-state index contributed by atoms with van der Waals surface area (Å²) in [4.78, 5) is 35.2. The van der Waals surface area contributed by atoms with Gasteiger partial charge in [0, 0.05) is 23.7 Å². The molecule has 1 aliphatic rings. The number of carboxylic acids is 1. The maximum Gasteiger partial charge on any atom is 0.306 e. The lowest BCUT2D eigenvalue weighted by molar-refractivity contribution is -0.143. The molecule has 24 heavy (non-hydrogen) atoms. The molecule has 6 nitrogen and oxygen atoms in total. The number of carboxylic acid groups (broad SMARTS) is 1. The fourth-order valence-corrected chi connectivity index (χ4v) is 2.94. The number of hydrogen-bond donors (Lipinski definition) is 3. The van der Waals surface area contributed by atoms with Crippen molar-refractivity contribution in [1.29, 1.82) is 0 Å². The molecule has 1 aromatic carbocycles. The summed E-state index contributed by atoms with van der Waals surface area (Å²) in [6.07, 6.45) is 3.37. The zero-order chi connectivity index (χ0) is 17.5. The second kappa shape index (κ2) is 8.47. The van der Waals surface area contributed by atoms with Crippen LogP contribution < -0.4 is 10.6 Å². The Morgan fingerprint density at radius 3 is 2.42 bits per heavy atom. The van der Waals surface area contributed by atoms with Crippen molar-refractivity contribution in [2.75, 3.05) is 11.9 Å². The fraction of sp³-hybridized carbons (Fsp3) is 0.500. The average Bonchev–Trinajstić information content (AvgIpc) is 2.60. The van der Waals surface area contributed by atoms with Crippen LogP contribution in [0.25, 0.3) is 0 Å². The predicted octanol–water partition coefficient (Wildman–Crippen LogP) is 2.66. The molecule has 2 rings (SSSR count). The van der Waals surface area contributed by atoms with Gasteiger partial charge in [0.1, 0.15) is 0 Å². The van der Waals surface area contributed by atoms with Gasteiger partial charge in [-0.25, -0.2) is 0 Å². The molecule has 1 aliphatic carbocycles. The zero-order valence-electron chi connectivity index (χ0n) is 13.9. The second-order valence-electron chi connectivity index (χ2n) is 6.22. The number of anilines is 1. The lowest BCUT2D eigenvalue weighted by Crippen LogP contribution is -2.31. The molecule has 0 spiro atoms. The Bertz CT molecular complexity index is 598. The number of benzene rings is 1. The molecule has 2 atom stereocenters. The van der Waals surface area contributed by atoms with E-state index in [0.29, 0.717) is 37.1 Å². The Kier molecular flexibility index (Phi) is 6.35. The first-order valence-electron chi connectivity index (χ1n) is 8.43. The van der Waals surface area contributed by atoms with E-state index in [0.717, 1.165) is 12.8 Å². The first-order chi connectivity index (χ1) is 11.5. The summed E-state index contributed by atoms with van der Waals surface area (Å²) in [5.41, 5.74) is 1.16. The highest BCUT2D eigenvalue weighted by Gasteiger charge is 2.31. The summed E-state index contributed by atoms with van der Waals surface area (Å²) in [7, 11) is 0. The first-order valence-corrected chi connectivity index (χ1v) is 8.43. The van der Waals surface area contributed by atoms with E-state index in [1.165, 1.54) is 0 Å². The van der Waals surface area contributed by atoms with Crippen LogP contribution in [-0.4, -0.2) is 29.4 Å². The lowest BCUT2D eigenvalue weighted by atomic mass is 9.81. The number of carbonyl (C=O) groups is 3. The standard InChI is InChI=1S/C18H24N2O4/c1-2-10-19-16(21)12-6-8-15(9-7-12)20-17(22)13-4-3-5-14(11-13)18(23)24/h6-9,13-14H,2-5,10-11H2,1H3,(H,19,21)(H,20,22)(H,23,24). The van der Waals surface area contributed by atoms with Gasteiger partial charge in [-0.2, -0.15) is 0 Å². The molecule has 0 saturated heterocycles. The minimum absolute atomic E-state index is 0.133. The third-order valence-electron chi connectivity index (χ3n) is 4.34. The Morgan fingerprint density at radius 2 is 1.79 bits per heavy atom. The molecule has 130 valence electrons. The van der Waals surface area contributed by atoms with Crippen molar-refractivity contribution in [2.45, 2.75) is 39.0 Å². The van der Waals surface area contributed by atoms with Crippen LogP contribution in [0.1, 0.15) is 49.4 Å². The normalized spacial score (nSPS) is 20.2. The molecule has 0 aromatic heterocycles. The summed E-state index contributed by atoms with van der Waals surface area (Å²) in [6.45, 7) is 2.61. The summed E-state index contributed by atoms with van der Waals surface area (Å²) >= 11 is 0. The molecule has 1 fully saturated rings. The van der Waals surface area contributed by atoms with E-state index >= 15 is 0 Å². The van der Waals surface area contributed by atoms with E-state index in [9.17, 15) is 14.4 Å². The zero-order valence-corrected chi connectivity index (χ0v) is 13.9. The summed E-state index contributed by atoms with van der Waals surface area (Å²) in [5.74, 6) is -1.81. The number of carbonyl (C=O) groups excluding carboxylic acids is 2. The first kappa shape index (κ1) is 18.0. The lowest BCUT2D eigenvalue weighted by Gasteiger charge is -2.25. The largest absolute Gasteiger partial charge is 0.481 e. The van der Waals surface area contributed by atoms with Gasteiger partial charge < -0.3 is 15.7 Å². The molecule has 0 radical (unpaired) electrons. The number of rotatable bonds is 6. The molecule has 2 amide bonds. The fourth-order valence-electron chi connectivity index (χ4n) is 2.94. The van der Waals surface area contributed by atoms with Crippen molar-refractivity contribution < 1.29 is 19.5 Å². The van der Waals surface area contributed by atoms with E-state index in [4.69, 9.17) is 5.11 Å². The third-order valence-corrected chi connectivity index (χ3v) is 4.34. The van der Waals surface area contributed by atoms with Crippen molar-refractivity contribution in [3.05, 3.63) is 29.8 Å². The van der Waals surface area contributed by atoms with Crippen molar-refractivity contribution in [1.82, 2.24) is 5.32 Å². The van der Waals surface area contributed by atoms with Gasteiger partial charge in [-0.3, -0.25) is 14.4 Å². The molecule has 6 heteroatoms. The maximum absolute atomic E-state index is 12.3. The molecule has 1 saturated carbocycles. The van der Waals surface area contributed by atoms with Crippen LogP contribution in [0.15, 0.2) is 24.3 Å². The Labute approximate surface area is 141 Å². The highest BCUT2D eigenvalue weighted by atomic mass is 16.4. The van der Waals surface area contributed by atoms with Crippen LogP contribution in [0.3, 0.4) is 0 Å². The van der Waals surface area contributed by atoms with E-state index in [1.807, 2.05) is 6.92 Å². The Hall–Kier alpha value is -2.37. The van der Waals surface area contributed by atoms with Gasteiger partial charge in [0.2, 0.25) is 5.91 Å². The molecule has 0 bridgehead atoms. The number of amides is 2. The number of nitrogens with one attached hydrogen (secondary N) is 2. The SMILES string of the molecule is CCCNC(=O)c1ccc(NC(=O)C2CCCC(C(=O)O)C2)cc1. The average molecular weight is 332 g/mol. The molecule has 1 aromatic rings. The van der Waals surface area contributed by atoms with Crippen molar-refractivity contribution in [3.63, 3.8) is 0 Å². The molecule has 0 aliphatic heterocycles. The van der Waals surface area contributed by atoms with Gasteiger partial charge in [-0.15, -0.1) is 0 Å². The monoisotopic (exact) mass is 332 g/mol. The Morgan fingerprint density at radius 1 is 1.12 bits per heavy atom. The van der Waals surface area contributed by atoms with Crippen LogP contribution in [0.2, 0.25) is 0 Å². The highest BCUT2D eigenvalue weighted by molar-refractivity contribution is 5.96. The van der Waals surface area contributed by atoms with Crippen molar-refractivity contribution in [3.8, 4) is 0 Å². The van der Waals surface area contributed by atoms with Crippen LogP contribution in [0.4, 0.5) is 5.69 Å².